The Bertz CT molecular complexity index is 692. The normalized spacial score (nSPS) is 10.8. The van der Waals surface area contributed by atoms with Crippen molar-refractivity contribution in [3.05, 3.63) is 52.7 Å². The van der Waals surface area contributed by atoms with Crippen molar-refractivity contribution < 1.29 is 9.53 Å². The molecule has 24 heavy (non-hydrogen) atoms. The first-order chi connectivity index (χ1) is 11.5. The fourth-order valence-electron chi connectivity index (χ4n) is 1.76. The van der Waals surface area contributed by atoms with Gasteiger partial charge in [-0.3, -0.25) is 10.1 Å². The van der Waals surface area contributed by atoms with Gasteiger partial charge in [0.15, 0.2) is 5.11 Å². The van der Waals surface area contributed by atoms with Crippen molar-refractivity contribution in [2.45, 2.75) is 13.8 Å². The first-order valence-corrected chi connectivity index (χ1v) is 8.88. The van der Waals surface area contributed by atoms with Crippen molar-refractivity contribution in [2.24, 2.45) is 5.92 Å². The molecule has 0 radical (unpaired) electrons. The lowest BCUT2D eigenvalue weighted by molar-refractivity contribution is -0.115. The SMILES string of the molecule is CC(C)COc1ccc(NC(=S)NC(=O)C=Cc2cccs2)cc1. The summed E-state index contributed by atoms with van der Waals surface area (Å²) in [5, 5.41) is 7.80. The van der Waals surface area contributed by atoms with E-state index in [0.717, 1.165) is 16.3 Å². The van der Waals surface area contributed by atoms with Gasteiger partial charge in [-0.05, 0) is 59.9 Å². The average molecular weight is 361 g/mol. The number of rotatable bonds is 6. The second-order valence-electron chi connectivity index (χ2n) is 5.52. The smallest absolute Gasteiger partial charge is 0.250 e. The van der Waals surface area contributed by atoms with Crippen molar-refractivity contribution in [3.63, 3.8) is 0 Å². The summed E-state index contributed by atoms with van der Waals surface area (Å²) >= 11 is 6.71. The zero-order valence-electron chi connectivity index (χ0n) is 13.6. The van der Waals surface area contributed by atoms with Crippen molar-refractivity contribution in [1.29, 1.82) is 0 Å². The van der Waals surface area contributed by atoms with Gasteiger partial charge in [0.2, 0.25) is 5.91 Å². The molecular formula is C18H20N2O2S2. The van der Waals surface area contributed by atoms with E-state index in [-0.39, 0.29) is 11.0 Å². The molecule has 0 unspecified atom stereocenters. The molecule has 0 saturated heterocycles. The number of hydrogen-bond acceptors (Lipinski definition) is 4. The first-order valence-electron chi connectivity index (χ1n) is 7.59. The van der Waals surface area contributed by atoms with Crippen LogP contribution in [0.15, 0.2) is 47.9 Å². The van der Waals surface area contributed by atoms with Gasteiger partial charge in [-0.1, -0.05) is 19.9 Å². The highest BCUT2D eigenvalue weighted by molar-refractivity contribution is 7.80. The number of thiophene rings is 1. The largest absolute Gasteiger partial charge is 0.493 e. The van der Waals surface area contributed by atoms with Gasteiger partial charge in [0.05, 0.1) is 6.61 Å². The fourth-order valence-corrected chi connectivity index (χ4v) is 2.59. The molecule has 126 valence electrons. The monoisotopic (exact) mass is 360 g/mol. The second-order valence-corrected chi connectivity index (χ2v) is 6.91. The standard InChI is InChI=1S/C18H20N2O2S2/c1-13(2)12-22-15-7-5-14(6-8-15)19-18(23)20-17(21)10-9-16-4-3-11-24-16/h3-11,13H,12H2,1-2H3,(H2,19,20,21,23). The Morgan fingerprint density at radius 3 is 2.67 bits per heavy atom. The molecular weight excluding hydrogens is 340 g/mol. The molecule has 1 aromatic carbocycles. The molecule has 0 saturated carbocycles. The van der Waals surface area contributed by atoms with Crippen LogP contribution < -0.4 is 15.4 Å². The van der Waals surface area contributed by atoms with Crippen LogP contribution >= 0.6 is 23.6 Å². The van der Waals surface area contributed by atoms with Crippen molar-refractivity contribution in [2.75, 3.05) is 11.9 Å². The third-order valence-corrected chi connectivity index (χ3v) is 3.92. The highest BCUT2D eigenvalue weighted by Crippen LogP contribution is 2.16. The van der Waals surface area contributed by atoms with Crippen molar-refractivity contribution in [1.82, 2.24) is 5.32 Å². The van der Waals surface area contributed by atoms with Gasteiger partial charge in [0.1, 0.15) is 5.75 Å². The van der Waals surface area contributed by atoms with E-state index in [0.29, 0.717) is 12.5 Å². The summed E-state index contributed by atoms with van der Waals surface area (Å²) < 4.78 is 5.62. The fraction of sp³-hybridized carbons (Fsp3) is 0.222. The summed E-state index contributed by atoms with van der Waals surface area (Å²) in [5.74, 6) is 1.02. The van der Waals surface area contributed by atoms with Crippen LogP contribution in [0, 0.1) is 5.92 Å². The summed E-state index contributed by atoms with van der Waals surface area (Å²) in [6.07, 6.45) is 3.21. The number of thiocarbonyl (C=S) groups is 1. The lowest BCUT2D eigenvalue weighted by Crippen LogP contribution is -2.32. The van der Waals surface area contributed by atoms with Crippen LogP contribution in [-0.4, -0.2) is 17.6 Å². The van der Waals surface area contributed by atoms with Crippen molar-refractivity contribution >= 4 is 46.3 Å². The summed E-state index contributed by atoms with van der Waals surface area (Å²) in [6, 6.07) is 11.3. The number of ether oxygens (including phenoxy) is 1. The predicted molar refractivity (Wildman–Crippen MR) is 104 cm³/mol. The maximum Gasteiger partial charge on any atom is 0.250 e. The van der Waals surface area contributed by atoms with Crippen LogP contribution in [0.25, 0.3) is 6.08 Å². The molecule has 0 fully saturated rings. The van der Waals surface area contributed by atoms with E-state index >= 15 is 0 Å². The molecule has 1 amide bonds. The molecule has 0 bridgehead atoms. The number of benzene rings is 1. The van der Waals surface area contributed by atoms with Crippen LogP contribution in [0.3, 0.4) is 0 Å². The summed E-state index contributed by atoms with van der Waals surface area (Å²) in [4.78, 5) is 12.8. The van der Waals surface area contributed by atoms with E-state index in [2.05, 4.69) is 24.5 Å². The first kappa shape index (κ1) is 18.2. The van der Waals surface area contributed by atoms with Gasteiger partial charge in [-0.25, -0.2) is 0 Å². The van der Waals surface area contributed by atoms with E-state index in [4.69, 9.17) is 17.0 Å². The number of amides is 1. The molecule has 0 aliphatic carbocycles. The molecule has 0 spiro atoms. The Morgan fingerprint density at radius 1 is 1.29 bits per heavy atom. The second kappa shape index (κ2) is 9.20. The topological polar surface area (TPSA) is 50.4 Å². The van der Waals surface area contributed by atoms with E-state index in [1.807, 2.05) is 41.8 Å². The molecule has 0 aliphatic heterocycles. The number of anilines is 1. The Labute approximate surface area is 151 Å². The Kier molecular flexibility index (Phi) is 6.96. The Hall–Kier alpha value is -2.18. The lowest BCUT2D eigenvalue weighted by Gasteiger charge is -2.11. The third-order valence-electron chi connectivity index (χ3n) is 2.87. The number of carbonyl (C=O) groups is 1. The Balaban J connectivity index is 1.80. The lowest BCUT2D eigenvalue weighted by atomic mass is 10.2. The number of nitrogens with one attached hydrogen (secondary N) is 2. The molecule has 6 heteroatoms. The van der Waals surface area contributed by atoms with Gasteiger partial charge in [0.25, 0.3) is 0 Å². The minimum atomic E-state index is -0.266. The average Bonchev–Trinajstić information content (AvgIpc) is 3.05. The van der Waals surface area contributed by atoms with Crippen LogP contribution in [0.1, 0.15) is 18.7 Å². The molecule has 1 aromatic heterocycles. The molecule has 4 nitrogen and oxygen atoms in total. The van der Waals surface area contributed by atoms with Crippen LogP contribution in [0.2, 0.25) is 0 Å². The minimum Gasteiger partial charge on any atom is -0.493 e. The molecule has 1 heterocycles. The zero-order chi connectivity index (χ0) is 17.4. The third kappa shape index (κ3) is 6.52. The number of carbonyl (C=O) groups excluding carboxylic acids is 1. The van der Waals surface area contributed by atoms with Gasteiger partial charge in [-0.15, -0.1) is 11.3 Å². The van der Waals surface area contributed by atoms with Crippen LogP contribution in [-0.2, 0) is 4.79 Å². The predicted octanol–water partition coefficient (Wildman–Crippen LogP) is 4.31. The van der Waals surface area contributed by atoms with E-state index < -0.39 is 0 Å². The molecule has 2 aromatic rings. The van der Waals surface area contributed by atoms with E-state index in [9.17, 15) is 4.79 Å². The van der Waals surface area contributed by atoms with Gasteiger partial charge < -0.3 is 10.1 Å². The maximum atomic E-state index is 11.8. The summed E-state index contributed by atoms with van der Waals surface area (Å²) in [5.41, 5.74) is 0.791. The van der Waals surface area contributed by atoms with Gasteiger partial charge >= 0.3 is 0 Å². The van der Waals surface area contributed by atoms with Crippen LogP contribution in [0.4, 0.5) is 5.69 Å². The molecule has 2 rings (SSSR count). The van der Waals surface area contributed by atoms with Crippen molar-refractivity contribution in [3.8, 4) is 5.75 Å². The minimum absolute atomic E-state index is 0.256. The summed E-state index contributed by atoms with van der Waals surface area (Å²) in [7, 11) is 0. The highest BCUT2D eigenvalue weighted by Gasteiger charge is 2.03. The van der Waals surface area contributed by atoms with Gasteiger partial charge in [-0.2, -0.15) is 0 Å². The van der Waals surface area contributed by atoms with Gasteiger partial charge in [0, 0.05) is 16.6 Å². The molecule has 0 aliphatic rings. The molecule has 2 N–H and O–H groups in total. The maximum absolute atomic E-state index is 11.8. The van der Waals surface area contributed by atoms with E-state index in [1.54, 1.807) is 17.4 Å². The van der Waals surface area contributed by atoms with Crippen LogP contribution in [0.5, 0.6) is 5.75 Å². The highest BCUT2D eigenvalue weighted by atomic mass is 32.1. The number of hydrogen-bond donors (Lipinski definition) is 2. The Morgan fingerprint density at radius 2 is 2.04 bits per heavy atom. The molecule has 0 atom stereocenters. The quantitative estimate of drug-likeness (QED) is 0.595. The van der Waals surface area contributed by atoms with E-state index in [1.165, 1.54) is 6.08 Å². The summed E-state index contributed by atoms with van der Waals surface area (Å²) in [6.45, 7) is 4.88. The zero-order valence-corrected chi connectivity index (χ0v) is 15.2.